The molecule has 0 bridgehead atoms. The molecule has 0 spiro atoms. The Morgan fingerprint density at radius 2 is 0.700 bits per heavy atom. The minimum atomic E-state index is -3.48. The van der Waals surface area contributed by atoms with E-state index in [1.165, 1.54) is 25.7 Å². The van der Waals surface area contributed by atoms with E-state index in [2.05, 4.69) is 94.3 Å². The Hall–Kier alpha value is -2.60. The molecule has 4 saturated carbocycles. The van der Waals surface area contributed by atoms with E-state index in [9.17, 15) is 16.8 Å². The summed E-state index contributed by atoms with van der Waals surface area (Å²) >= 11 is 0. The van der Waals surface area contributed by atoms with Crippen molar-refractivity contribution in [1.29, 1.82) is 0 Å². The molecule has 6 rings (SSSR count). The second kappa shape index (κ2) is 65.9. The standard InChI is InChI=1S/2C9H18O2.2C8H15ClO4S.2C7H12O2.2C6H12O2.2C3H6O2.2C3H4/c2*1-9(4-5-9)6-8(11-3)7-10-2;2*1-12-6-7(13-2)5-8(3-4-8)14(9,10)11;2*1-3-4-5-7(8)6-9-2;2*1-5(2)3-6(8)4-7;2*4-1-3-2-5-3;2*1-3-2/h2*8H,4-7H2,1-3H3;2*7H,3-6H2,1-2H3;2*7-8H,5-6H2,1-2H3;2*6-8H,1,3-4H2,2H3;2*3-4H,1-2H2;2*1H,2H3/t2*8-;4*7-;2*6-;2*3-;;/m1010101010../s1. The van der Waals surface area contributed by atoms with E-state index in [0.717, 1.165) is 50.4 Å². The number of aliphatic hydroxyl groups excluding tert-OH is 8. The van der Waals surface area contributed by atoms with Crippen molar-refractivity contribution in [1.82, 2.24) is 0 Å². The second-order valence-corrected chi connectivity index (χ2v) is 31.2. The maximum absolute atomic E-state index is 11.2. The van der Waals surface area contributed by atoms with E-state index in [4.69, 9.17) is 100 Å². The van der Waals surface area contributed by atoms with Crippen LogP contribution in [0.5, 0.6) is 0 Å². The van der Waals surface area contributed by atoms with Gasteiger partial charge in [-0.1, -0.05) is 25.0 Å². The number of methoxy groups -OCH3 is 10. The molecule has 100 heavy (non-hydrogen) atoms. The van der Waals surface area contributed by atoms with Crippen LogP contribution in [0.2, 0.25) is 0 Å². The number of halogens is 2. The van der Waals surface area contributed by atoms with Crippen LogP contribution in [0.25, 0.3) is 0 Å². The van der Waals surface area contributed by atoms with Gasteiger partial charge in [-0.3, -0.25) is 0 Å². The largest absolute Gasteiger partial charge is 0.394 e. The minimum absolute atomic E-state index is 0.174. The quantitative estimate of drug-likeness (QED) is 0.0131. The molecule has 6 aliphatic rings. The number of epoxide rings is 2. The van der Waals surface area contributed by atoms with Crippen molar-refractivity contribution in [2.45, 2.75) is 229 Å². The highest BCUT2D eigenvalue weighted by molar-refractivity contribution is 8.15. The predicted octanol–water partition coefficient (Wildman–Crippen LogP) is 7.41. The summed E-state index contributed by atoms with van der Waals surface area (Å²) < 4.78 is 103. The van der Waals surface area contributed by atoms with Crippen molar-refractivity contribution in [3.05, 3.63) is 24.3 Å². The minimum Gasteiger partial charge on any atom is -0.394 e. The molecule has 592 valence electrons. The number of hydrogen-bond acceptors (Lipinski definition) is 24. The zero-order valence-corrected chi connectivity index (χ0v) is 67.0. The molecule has 0 radical (unpaired) electrons. The molecule has 8 N–H and O–H groups in total. The maximum atomic E-state index is 11.2. The third kappa shape index (κ3) is 68.5. The van der Waals surface area contributed by atoms with Crippen molar-refractivity contribution in [3.8, 4) is 48.4 Å². The summed E-state index contributed by atoms with van der Waals surface area (Å²) in [5.74, 6) is 15.4. The van der Waals surface area contributed by atoms with Crippen LogP contribution in [0, 0.1) is 59.2 Å². The monoisotopic (exact) mass is 1520 g/mol. The lowest BCUT2D eigenvalue weighted by Gasteiger charge is -2.19. The Balaban J connectivity index is -0.000000246. The Morgan fingerprint density at radius 1 is 0.470 bits per heavy atom. The van der Waals surface area contributed by atoms with E-state index < -0.39 is 52.0 Å². The third-order valence-electron chi connectivity index (χ3n) is 14.8. The summed E-state index contributed by atoms with van der Waals surface area (Å²) in [4.78, 5) is 0. The average molecular weight is 1520 g/mol. The first-order chi connectivity index (χ1) is 46.9. The molecule has 28 heteroatoms. The lowest BCUT2D eigenvalue weighted by Crippen LogP contribution is -2.29. The Morgan fingerprint density at radius 3 is 0.820 bits per heavy atom. The van der Waals surface area contributed by atoms with Gasteiger partial charge in [0, 0.05) is 105 Å². The van der Waals surface area contributed by atoms with Crippen LogP contribution in [-0.4, -0.2) is 279 Å². The van der Waals surface area contributed by atoms with Crippen molar-refractivity contribution in [2.24, 2.45) is 10.8 Å². The lowest BCUT2D eigenvalue weighted by atomic mass is 10.0. The highest BCUT2D eigenvalue weighted by Gasteiger charge is 2.55. The summed E-state index contributed by atoms with van der Waals surface area (Å²) in [6, 6.07) is 0. The zero-order chi connectivity index (χ0) is 78.5. The molecule has 0 aromatic heterocycles. The first kappa shape index (κ1) is 108. The summed E-state index contributed by atoms with van der Waals surface area (Å²) in [6.07, 6.45) is 20.8. The van der Waals surface area contributed by atoms with E-state index in [0.29, 0.717) is 114 Å². The van der Waals surface area contributed by atoms with Crippen LogP contribution in [0.3, 0.4) is 0 Å². The Bertz CT molecular complexity index is 2250. The van der Waals surface area contributed by atoms with Crippen LogP contribution < -0.4 is 0 Å². The average Bonchev–Trinajstić information content (AvgIpc) is 1.63. The third-order valence-corrected chi connectivity index (χ3v) is 20.0. The fraction of sp³-hybridized carbons (Fsp3) is 0.833. The van der Waals surface area contributed by atoms with Crippen molar-refractivity contribution < 1.29 is 115 Å². The maximum Gasteiger partial charge on any atom is 0.238 e. The van der Waals surface area contributed by atoms with Gasteiger partial charge in [0.05, 0.1) is 138 Å². The molecule has 0 aromatic rings. The van der Waals surface area contributed by atoms with Gasteiger partial charge >= 0.3 is 0 Å². The molecule has 6 fully saturated rings. The summed E-state index contributed by atoms with van der Waals surface area (Å²) in [6.45, 7) is 26.8. The number of ether oxygens (including phenoxy) is 12. The highest BCUT2D eigenvalue weighted by Crippen LogP contribution is 2.51. The van der Waals surface area contributed by atoms with E-state index in [-0.39, 0.29) is 50.8 Å². The fourth-order valence-corrected chi connectivity index (χ4v) is 11.2. The lowest BCUT2D eigenvalue weighted by molar-refractivity contribution is 0.0126. The molecule has 0 amide bonds. The van der Waals surface area contributed by atoms with Gasteiger partial charge in [-0.25, -0.2) is 16.8 Å². The summed E-state index contributed by atoms with van der Waals surface area (Å²) in [5.41, 5.74) is 2.93. The molecule has 4 aliphatic carbocycles. The molecule has 0 unspecified atom stereocenters. The first-order valence-corrected chi connectivity index (χ1v) is 37.7. The van der Waals surface area contributed by atoms with Gasteiger partial charge in [-0.15, -0.1) is 61.5 Å². The van der Waals surface area contributed by atoms with Crippen LogP contribution in [-0.2, 0) is 74.9 Å². The first-order valence-electron chi connectivity index (χ1n) is 33.1. The van der Waals surface area contributed by atoms with E-state index in [1.807, 2.05) is 13.8 Å². The zero-order valence-electron chi connectivity index (χ0n) is 63.8. The molecular weight excluding hydrogens is 1380 g/mol. The number of rotatable bonds is 36. The van der Waals surface area contributed by atoms with Crippen molar-refractivity contribution >= 4 is 39.5 Å². The van der Waals surface area contributed by atoms with Crippen LogP contribution >= 0.6 is 21.4 Å². The SMILES string of the molecule is C#CC.C#CC.C=C(C)C[C@@H](O)CO.C=C(C)C[C@H](O)CO.CC#CC[C@@H](O)COC.CC#CC[C@H](O)COC.COC[C@@H](CC1(C)CC1)OC.COC[C@@H](CC1(S(=O)(=O)Cl)CC1)OC.COC[C@H](CC1(C)CC1)OC.COC[C@H](CC1(S(=O)(=O)Cl)CC1)OC.OC[C@@H]1CO1.OC[C@H]1CO1. The van der Waals surface area contributed by atoms with Gasteiger partial charge in [-0.2, -0.15) is 0 Å². The van der Waals surface area contributed by atoms with Crippen molar-refractivity contribution in [3.63, 3.8) is 0 Å². The predicted molar refractivity (Wildman–Crippen MR) is 397 cm³/mol. The van der Waals surface area contributed by atoms with Gasteiger partial charge in [-0.05, 0) is 142 Å². The highest BCUT2D eigenvalue weighted by atomic mass is 35.7. The molecule has 0 aromatic carbocycles. The van der Waals surface area contributed by atoms with Crippen LogP contribution in [0.1, 0.15) is 158 Å². The summed E-state index contributed by atoms with van der Waals surface area (Å²) in [7, 11) is 20.1. The number of aliphatic hydroxyl groups is 8. The number of terminal acetylenes is 2. The van der Waals surface area contributed by atoms with Crippen LogP contribution in [0.4, 0.5) is 0 Å². The van der Waals surface area contributed by atoms with E-state index in [1.54, 1.807) is 98.8 Å². The van der Waals surface area contributed by atoms with Crippen molar-refractivity contribution in [2.75, 3.05) is 150 Å². The van der Waals surface area contributed by atoms with Gasteiger partial charge in [0.1, 0.15) is 12.2 Å². The van der Waals surface area contributed by atoms with Gasteiger partial charge < -0.3 is 97.7 Å². The van der Waals surface area contributed by atoms with Crippen LogP contribution in [0.15, 0.2) is 24.3 Å². The Kier molecular flexibility index (Phi) is 71.4. The summed E-state index contributed by atoms with van der Waals surface area (Å²) in [5, 5.41) is 68.1. The van der Waals surface area contributed by atoms with Gasteiger partial charge in [0.25, 0.3) is 0 Å². The normalized spacial score (nSPS) is 19.1. The second-order valence-electron chi connectivity index (χ2n) is 25.3. The smallest absolute Gasteiger partial charge is 0.238 e. The molecule has 10 atom stereocenters. The molecular formula is C72H134Cl2O24S2. The Labute approximate surface area is 613 Å². The molecule has 2 saturated heterocycles. The molecule has 2 aliphatic heterocycles. The molecule has 24 nitrogen and oxygen atoms in total. The topological polar surface area (TPSA) is 347 Å². The van der Waals surface area contributed by atoms with Gasteiger partial charge in [0.2, 0.25) is 18.1 Å². The molecule has 2 heterocycles. The number of hydrogen-bond donors (Lipinski definition) is 8. The van der Waals surface area contributed by atoms with Gasteiger partial charge in [0.15, 0.2) is 0 Å². The van der Waals surface area contributed by atoms with E-state index >= 15 is 0 Å². The fourth-order valence-electron chi connectivity index (χ4n) is 7.95.